The molecule has 0 aromatic heterocycles. The highest BCUT2D eigenvalue weighted by Gasteiger charge is 2.23. The molecule has 72 heavy (non-hydrogen) atoms. The van der Waals surface area contributed by atoms with Crippen molar-refractivity contribution in [2.45, 2.75) is 244 Å². The molecule has 3 unspecified atom stereocenters. The lowest BCUT2D eigenvalue weighted by atomic mass is 10.0. The number of phosphoric acid groups is 1. The molecule has 414 valence electrons. The summed E-state index contributed by atoms with van der Waals surface area (Å²) in [6.45, 7) is 4.50. The van der Waals surface area contributed by atoms with Crippen LogP contribution in [0.1, 0.15) is 232 Å². The number of phosphoric ester groups is 1. The normalized spacial score (nSPS) is 14.7. The van der Waals surface area contributed by atoms with Crippen LogP contribution in [0.25, 0.3) is 0 Å². The monoisotopic (exact) mass is 1020 g/mol. The van der Waals surface area contributed by atoms with E-state index in [2.05, 4.69) is 116 Å². The van der Waals surface area contributed by atoms with Crippen molar-refractivity contribution in [1.82, 2.24) is 5.32 Å². The second kappa shape index (κ2) is 53.0. The van der Waals surface area contributed by atoms with Crippen LogP contribution in [0.3, 0.4) is 0 Å². The molecule has 0 heterocycles. The molecule has 0 spiro atoms. The van der Waals surface area contributed by atoms with Crippen molar-refractivity contribution in [3.05, 3.63) is 109 Å². The summed E-state index contributed by atoms with van der Waals surface area (Å²) in [7, 11) is 1.21. The number of aliphatic hydroxyl groups excluding tert-OH is 1. The molecule has 0 aromatic carbocycles. The van der Waals surface area contributed by atoms with Crippen LogP contribution in [0.2, 0.25) is 0 Å². The van der Waals surface area contributed by atoms with Gasteiger partial charge in [-0.05, 0) is 89.9 Å². The minimum Gasteiger partial charge on any atom is -0.756 e. The van der Waals surface area contributed by atoms with Crippen molar-refractivity contribution in [2.24, 2.45) is 0 Å². The van der Waals surface area contributed by atoms with Gasteiger partial charge in [0.15, 0.2) is 0 Å². The Morgan fingerprint density at radius 3 is 1.29 bits per heavy atom. The third-order valence-corrected chi connectivity index (χ3v) is 13.4. The number of unbranched alkanes of at least 4 members (excludes halogenated alkanes) is 23. The fraction of sp³-hybridized carbons (Fsp3) is 0.698. The summed E-state index contributed by atoms with van der Waals surface area (Å²) in [5.41, 5.74) is 0. The van der Waals surface area contributed by atoms with Gasteiger partial charge in [-0.25, -0.2) is 0 Å². The second-order valence-corrected chi connectivity index (χ2v) is 22.0. The van der Waals surface area contributed by atoms with E-state index in [0.717, 1.165) is 103 Å². The summed E-state index contributed by atoms with van der Waals surface area (Å²) < 4.78 is 23.3. The number of aliphatic hydroxyl groups is 1. The van der Waals surface area contributed by atoms with Crippen molar-refractivity contribution in [3.8, 4) is 0 Å². The zero-order valence-electron chi connectivity index (χ0n) is 47.1. The summed E-state index contributed by atoms with van der Waals surface area (Å²) in [5, 5.41) is 13.9. The maximum absolute atomic E-state index is 13.0. The molecular weight excluding hydrogens is 912 g/mol. The fourth-order valence-electron chi connectivity index (χ4n) is 7.91. The zero-order chi connectivity index (χ0) is 52.7. The van der Waals surface area contributed by atoms with Gasteiger partial charge in [-0.1, -0.05) is 245 Å². The Morgan fingerprint density at radius 2 is 0.861 bits per heavy atom. The van der Waals surface area contributed by atoms with E-state index in [1.54, 1.807) is 6.08 Å². The topological polar surface area (TPSA) is 108 Å². The van der Waals surface area contributed by atoms with Crippen molar-refractivity contribution in [3.63, 3.8) is 0 Å². The quantitative estimate of drug-likeness (QED) is 0.0272. The van der Waals surface area contributed by atoms with Gasteiger partial charge in [-0.15, -0.1) is 0 Å². The lowest BCUT2D eigenvalue weighted by Crippen LogP contribution is -2.45. The van der Waals surface area contributed by atoms with Crippen molar-refractivity contribution < 1.29 is 32.9 Å². The molecule has 2 N–H and O–H groups in total. The van der Waals surface area contributed by atoms with Gasteiger partial charge in [0.05, 0.1) is 39.9 Å². The molecule has 9 heteroatoms. The first kappa shape index (κ1) is 69.2. The molecule has 0 bridgehead atoms. The first-order valence-corrected chi connectivity index (χ1v) is 30.7. The van der Waals surface area contributed by atoms with Crippen LogP contribution in [0.5, 0.6) is 0 Å². The van der Waals surface area contributed by atoms with E-state index in [4.69, 9.17) is 9.05 Å². The summed E-state index contributed by atoms with van der Waals surface area (Å²) in [6, 6.07) is -0.923. The highest BCUT2D eigenvalue weighted by molar-refractivity contribution is 7.45. The molecule has 3 atom stereocenters. The van der Waals surface area contributed by atoms with Gasteiger partial charge in [0.2, 0.25) is 5.91 Å². The van der Waals surface area contributed by atoms with Gasteiger partial charge in [0.25, 0.3) is 7.82 Å². The van der Waals surface area contributed by atoms with E-state index in [9.17, 15) is 19.4 Å². The molecule has 0 aliphatic heterocycles. The highest BCUT2D eigenvalue weighted by atomic mass is 31.2. The van der Waals surface area contributed by atoms with Crippen molar-refractivity contribution >= 4 is 13.7 Å². The van der Waals surface area contributed by atoms with Crippen LogP contribution in [0.4, 0.5) is 0 Å². The average molecular weight is 1020 g/mol. The highest BCUT2D eigenvalue weighted by Crippen LogP contribution is 2.38. The summed E-state index contributed by atoms with van der Waals surface area (Å²) in [5.74, 6) is -0.229. The first-order valence-electron chi connectivity index (χ1n) is 29.2. The predicted octanol–water partition coefficient (Wildman–Crippen LogP) is 17.3. The third-order valence-electron chi connectivity index (χ3n) is 12.5. The van der Waals surface area contributed by atoms with Gasteiger partial charge in [0.1, 0.15) is 13.2 Å². The fourth-order valence-corrected chi connectivity index (χ4v) is 8.64. The van der Waals surface area contributed by atoms with Crippen LogP contribution in [-0.2, 0) is 18.4 Å². The van der Waals surface area contributed by atoms with Gasteiger partial charge < -0.3 is 28.8 Å². The Balaban J connectivity index is 4.34. The number of hydrogen-bond donors (Lipinski definition) is 2. The number of allylic oxidation sites excluding steroid dienone is 17. The Hall–Kier alpha value is -2.84. The van der Waals surface area contributed by atoms with E-state index < -0.39 is 26.6 Å². The molecule has 0 saturated heterocycles. The third kappa shape index (κ3) is 54.9. The van der Waals surface area contributed by atoms with E-state index in [1.165, 1.54) is 109 Å². The van der Waals surface area contributed by atoms with Gasteiger partial charge in [-0.3, -0.25) is 9.36 Å². The molecule has 1 amide bonds. The Morgan fingerprint density at radius 1 is 0.500 bits per heavy atom. The van der Waals surface area contributed by atoms with E-state index in [1.807, 2.05) is 27.2 Å². The van der Waals surface area contributed by atoms with E-state index >= 15 is 0 Å². The van der Waals surface area contributed by atoms with Crippen LogP contribution < -0.4 is 10.2 Å². The molecule has 0 rings (SSSR count). The SMILES string of the molecule is CC/C=C\C/C=C\C/C=C\C/C=C\C/C=C\C/C=C\C/C=C\CCCCCCCC(=O)NC(COP(=O)([O-])OCC[N+](C)(C)C)C(O)/C=C/CC/C=C/CCCCCCCCCCCCCCCCCCC. The smallest absolute Gasteiger partial charge is 0.268 e. The zero-order valence-corrected chi connectivity index (χ0v) is 48.0. The number of amides is 1. The van der Waals surface area contributed by atoms with E-state index in [0.29, 0.717) is 17.4 Å². The Labute approximate surface area is 444 Å². The maximum atomic E-state index is 13.0. The van der Waals surface area contributed by atoms with Gasteiger partial charge >= 0.3 is 0 Å². The number of rotatable bonds is 52. The van der Waals surface area contributed by atoms with Crippen LogP contribution in [-0.4, -0.2) is 68.5 Å². The predicted molar refractivity (Wildman–Crippen MR) is 311 cm³/mol. The summed E-state index contributed by atoms with van der Waals surface area (Å²) in [4.78, 5) is 25.5. The lowest BCUT2D eigenvalue weighted by Gasteiger charge is -2.29. The summed E-state index contributed by atoms with van der Waals surface area (Å²) in [6.07, 6.45) is 77.4. The largest absolute Gasteiger partial charge is 0.756 e. The summed E-state index contributed by atoms with van der Waals surface area (Å²) >= 11 is 0. The molecule has 0 radical (unpaired) electrons. The number of nitrogens with zero attached hydrogens (tertiary/aromatic N) is 1. The van der Waals surface area contributed by atoms with Gasteiger partial charge in [0, 0.05) is 6.42 Å². The molecule has 8 nitrogen and oxygen atoms in total. The molecule has 0 aliphatic rings. The Bertz CT molecular complexity index is 1540. The maximum Gasteiger partial charge on any atom is 0.268 e. The second-order valence-electron chi connectivity index (χ2n) is 20.6. The minimum absolute atomic E-state index is 0.0165. The molecule has 0 saturated carbocycles. The number of carbonyl (C=O) groups excluding carboxylic acids is 1. The number of quaternary nitrogens is 1. The molecule has 0 fully saturated rings. The standard InChI is InChI=1S/C63H111N2O6P/c1-6-8-10-12-14-16-18-20-22-24-26-28-30-31-32-33-35-37-39-41-43-45-47-49-51-53-55-57-63(67)64-61(60-71-72(68,69)70-59-58-65(3,4)5)62(66)56-54-52-50-48-46-44-42-40-38-36-34-29-27-25-23-21-19-17-15-13-11-9-7-2/h8,10,14,16,20,22,26,28,31-32,35,37,41,43,46,48,54,56,61-62,66H,6-7,9,11-13,15,17-19,21,23-25,27,29-30,33-34,36,38-40,42,44-45,47,49-53,55,57-60H2,1-5H3,(H-,64,67,68,69)/b10-8-,16-14-,22-20-,28-26-,32-31-,37-35-,43-41-,48-46+,56-54+. The molecule has 0 aromatic rings. The molecule has 0 aliphatic carbocycles. The number of likely N-dealkylation sites (N-methyl/N-ethyl adjacent to an activating group) is 1. The van der Waals surface area contributed by atoms with Crippen LogP contribution in [0, 0.1) is 0 Å². The van der Waals surface area contributed by atoms with Crippen LogP contribution in [0.15, 0.2) is 109 Å². The van der Waals surface area contributed by atoms with Crippen molar-refractivity contribution in [2.75, 3.05) is 40.9 Å². The first-order chi connectivity index (χ1) is 35.0. The van der Waals surface area contributed by atoms with Gasteiger partial charge in [-0.2, -0.15) is 0 Å². The number of nitrogens with one attached hydrogen (secondary N) is 1. The number of hydrogen-bond acceptors (Lipinski definition) is 6. The minimum atomic E-state index is -4.62. The lowest BCUT2D eigenvalue weighted by molar-refractivity contribution is -0.870. The number of carbonyl (C=O) groups is 1. The van der Waals surface area contributed by atoms with Crippen molar-refractivity contribution in [1.29, 1.82) is 0 Å². The average Bonchev–Trinajstić information content (AvgIpc) is 3.34. The molecular formula is C63H111N2O6P. The Kier molecular flexibility index (Phi) is 50.9. The van der Waals surface area contributed by atoms with E-state index in [-0.39, 0.29) is 12.5 Å². The van der Waals surface area contributed by atoms with Crippen LogP contribution >= 0.6 is 7.82 Å².